The Labute approximate surface area is 99.1 Å². The molecule has 2 aromatic rings. The van der Waals surface area contributed by atoms with Crippen LogP contribution in [0.2, 0.25) is 0 Å². The molecule has 0 aliphatic carbocycles. The minimum atomic E-state index is 0.155. The highest BCUT2D eigenvalue weighted by molar-refractivity contribution is 5.76. The lowest BCUT2D eigenvalue weighted by Crippen LogP contribution is -2.35. The van der Waals surface area contributed by atoms with E-state index in [2.05, 4.69) is 15.3 Å². The van der Waals surface area contributed by atoms with Gasteiger partial charge in [-0.3, -0.25) is 0 Å². The van der Waals surface area contributed by atoms with Gasteiger partial charge in [-0.1, -0.05) is 0 Å². The monoisotopic (exact) mass is 233 g/mol. The fraction of sp³-hybridized carbons (Fsp3) is 0.417. The standard InChI is InChI=1S/C12H15N3O2/c1-16-8-2-3-9-10(6-8)15-12(14-9)11-7-17-5-4-13-11/h2-3,6,11,13H,4-5,7H2,1H3,(H,14,15). The summed E-state index contributed by atoms with van der Waals surface area (Å²) >= 11 is 0. The van der Waals surface area contributed by atoms with Crippen molar-refractivity contribution in [2.45, 2.75) is 6.04 Å². The van der Waals surface area contributed by atoms with E-state index in [1.807, 2.05) is 18.2 Å². The number of H-pyrrole nitrogens is 1. The molecule has 1 aromatic heterocycles. The third-order valence-corrected chi connectivity index (χ3v) is 2.96. The summed E-state index contributed by atoms with van der Waals surface area (Å²) in [5.74, 6) is 1.76. The summed E-state index contributed by atoms with van der Waals surface area (Å²) in [5.41, 5.74) is 1.94. The number of fused-ring (bicyclic) bond motifs is 1. The maximum atomic E-state index is 5.43. The topological polar surface area (TPSA) is 59.2 Å². The Morgan fingerprint density at radius 2 is 2.41 bits per heavy atom. The average molecular weight is 233 g/mol. The number of ether oxygens (including phenoxy) is 2. The van der Waals surface area contributed by atoms with Crippen molar-refractivity contribution in [1.29, 1.82) is 0 Å². The number of hydrogen-bond donors (Lipinski definition) is 2. The lowest BCUT2D eigenvalue weighted by Gasteiger charge is -2.21. The van der Waals surface area contributed by atoms with Crippen molar-refractivity contribution < 1.29 is 9.47 Å². The zero-order valence-electron chi connectivity index (χ0n) is 9.69. The van der Waals surface area contributed by atoms with Crippen molar-refractivity contribution in [3.8, 4) is 5.75 Å². The van der Waals surface area contributed by atoms with Crippen molar-refractivity contribution in [3.63, 3.8) is 0 Å². The molecular formula is C12H15N3O2. The molecule has 1 aliphatic heterocycles. The molecule has 3 rings (SSSR count). The van der Waals surface area contributed by atoms with E-state index in [1.165, 1.54) is 0 Å². The van der Waals surface area contributed by atoms with Crippen LogP contribution < -0.4 is 10.1 Å². The molecule has 2 N–H and O–H groups in total. The van der Waals surface area contributed by atoms with Gasteiger partial charge in [-0.25, -0.2) is 4.98 Å². The molecule has 1 atom stereocenters. The first-order valence-corrected chi connectivity index (χ1v) is 5.71. The Kier molecular flexibility index (Phi) is 2.70. The van der Waals surface area contributed by atoms with Gasteiger partial charge < -0.3 is 19.8 Å². The van der Waals surface area contributed by atoms with Crippen LogP contribution in [0.4, 0.5) is 0 Å². The van der Waals surface area contributed by atoms with Gasteiger partial charge in [0, 0.05) is 12.6 Å². The molecule has 1 aromatic carbocycles. The SMILES string of the molecule is COc1ccc2nc(C3COCCN3)[nH]c2c1. The predicted molar refractivity (Wildman–Crippen MR) is 64.2 cm³/mol. The van der Waals surface area contributed by atoms with Crippen LogP contribution in [-0.2, 0) is 4.74 Å². The molecule has 0 amide bonds. The van der Waals surface area contributed by atoms with Crippen LogP contribution >= 0.6 is 0 Å². The van der Waals surface area contributed by atoms with Crippen molar-refractivity contribution in [3.05, 3.63) is 24.0 Å². The van der Waals surface area contributed by atoms with E-state index in [1.54, 1.807) is 7.11 Å². The van der Waals surface area contributed by atoms with Crippen LogP contribution in [-0.4, -0.2) is 36.8 Å². The summed E-state index contributed by atoms with van der Waals surface area (Å²) < 4.78 is 10.6. The normalized spacial score (nSPS) is 20.6. The number of aromatic nitrogens is 2. The Bertz CT molecular complexity index is 517. The summed E-state index contributed by atoms with van der Waals surface area (Å²) in [7, 11) is 1.66. The van der Waals surface area contributed by atoms with Gasteiger partial charge in [0.1, 0.15) is 11.6 Å². The first kappa shape index (κ1) is 10.6. The zero-order chi connectivity index (χ0) is 11.7. The lowest BCUT2D eigenvalue weighted by atomic mass is 10.2. The highest BCUT2D eigenvalue weighted by Gasteiger charge is 2.18. The number of rotatable bonds is 2. The molecule has 1 unspecified atom stereocenters. The van der Waals surface area contributed by atoms with E-state index in [4.69, 9.17) is 9.47 Å². The van der Waals surface area contributed by atoms with E-state index < -0.39 is 0 Å². The number of morpholine rings is 1. The zero-order valence-corrected chi connectivity index (χ0v) is 9.69. The Balaban J connectivity index is 1.95. The number of nitrogens with one attached hydrogen (secondary N) is 2. The largest absolute Gasteiger partial charge is 0.497 e. The van der Waals surface area contributed by atoms with E-state index >= 15 is 0 Å². The summed E-state index contributed by atoms with van der Waals surface area (Å²) in [5, 5.41) is 3.37. The number of hydrogen-bond acceptors (Lipinski definition) is 4. The minimum Gasteiger partial charge on any atom is -0.497 e. The summed E-state index contributed by atoms with van der Waals surface area (Å²) in [6.07, 6.45) is 0. The summed E-state index contributed by atoms with van der Waals surface area (Å²) in [6, 6.07) is 5.98. The lowest BCUT2D eigenvalue weighted by molar-refractivity contribution is 0.0746. The first-order valence-electron chi connectivity index (χ1n) is 5.71. The number of benzene rings is 1. The molecule has 1 saturated heterocycles. The van der Waals surface area contributed by atoms with Gasteiger partial charge in [-0.2, -0.15) is 0 Å². The molecule has 90 valence electrons. The van der Waals surface area contributed by atoms with E-state index in [0.717, 1.165) is 35.8 Å². The molecule has 1 aliphatic rings. The molecular weight excluding hydrogens is 218 g/mol. The molecule has 2 heterocycles. The van der Waals surface area contributed by atoms with Gasteiger partial charge in [-0.05, 0) is 12.1 Å². The van der Waals surface area contributed by atoms with Crippen molar-refractivity contribution >= 4 is 11.0 Å². The van der Waals surface area contributed by atoms with Gasteiger partial charge in [0.15, 0.2) is 0 Å². The second-order valence-corrected chi connectivity index (χ2v) is 4.09. The highest BCUT2D eigenvalue weighted by Crippen LogP contribution is 2.21. The molecule has 0 saturated carbocycles. The second kappa shape index (κ2) is 4.35. The first-order chi connectivity index (χ1) is 8.36. The number of imidazole rings is 1. The molecule has 0 spiro atoms. The third kappa shape index (κ3) is 1.99. The van der Waals surface area contributed by atoms with Gasteiger partial charge >= 0.3 is 0 Å². The second-order valence-electron chi connectivity index (χ2n) is 4.09. The van der Waals surface area contributed by atoms with Crippen LogP contribution in [0.1, 0.15) is 11.9 Å². The highest BCUT2D eigenvalue weighted by atomic mass is 16.5. The number of methoxy groups -OCH3 is 1. The quantitative estimate of drug-likeness (QED) is 0.819. The van der Waals surface area contributed by atoms with Crippen LogP contribution in [0.5, 0.6) is 5.75 Å². The Morgan fingerprint density at radius 3 is 3.18 bits per heavy atom. The number of aromatic amines is 1. The fourth-order valence-corrected chi connectivity index (χ4v) is 2.04. The minimum absolute atomic E-state index is 0.155. The average Bonchev–Trinajstić information content (AvgIpc) is 2.82. The number of nitrogens with zero attached hydrogens (tertiary/aromatic N) is 1. The summed E-state index contributed by atoms with van der Waals surface area (Å²) in [4.78, 5) is 7.86. The van der Waals surface area contributed by atoms with Crippen molar-refractivity contribution in [2.24, 2.45) is 0 Å². The van der Waals surface area contributed by atoms with Gasteiger partial charge in [-0.15, -0.1) is 0 Å². The molecule has 5 heteroatoms. The Morgan fingerprint density at radius 1 is 1.47 bits per heavy atom. The third-order valence-electron chi connectivity index (χ3n) is 2.96. The molecule has 5 nitrogen and oxygen atoms in total. The summed E-state index contributed by atoms with van der Waals surface area (Å²) in [6.45, 7) is 2.30. The van der Waals surface area contributed by atoms with E-state index in [9.17, 15) is 0 Å². The molecule has 1 fully saturated rings. The van der Waals surface area contributed by atoms with Crippen LogP contribution in [0, 0.1) is 0 Å². The maximum Gasteiger partial charge on any atom is 0.126 e. The van der Waals surface area contributed by atoms with Crippen LogP contribution in [0.25, 0.3) is 11.0 Å². The predicted octanol–water partition coefficient (Wildman–Crippen LogP) is 1.23. The molecule has 17 heavy (non-hydrogen) atoms. The van der Waals surface area contributed by atoms with E-state index in [-0.39, 0.29) is 6.04 Å². The van der Waals surface area contributed by atoms with E-state index in [0.29, 0.717) is 6.61 Å². The molecule has 0 bridgehead atoms. The smallest absolute Gasteiger partial charge is 0.126 e. The fourth-order valence-electron chi connectivity index (χ4n) is 2.04. The van der Waals surface area contributed by atoms with Gasteiger partial charge in [0.05, 0.1) is 37.4 Å². The maximum absolute atomic E-state index is 5.43. The van der Waals surface area contributed by atoms with Crippen molar-refractivity contribution in [1.82, 2.24) is 15.3 Å². The Hall–Kier alpha value is -1.59. The molecule has 0 radical (unpaired) electrons. The van der Waals surface area contributed by atoms with Crippen LogP contribution in [0.3, 0.4) is 0 Å². The van der Waals surface area contributed by atoms with Gasteiger partial charge in [0.2, 0.25) is 0 Å². The van der Waals surface area contributed by atoms with Crippen molar-refractivity contribution in [2.75, 3.05) is 26.9 Å². The van der Waals surface area contributed by atoms with Crippen LogP contribution in [0.15, 0.2) is 18.2 Å². The van der Waals surface area contributed by atoms with Gasteiger partial charge in [0.25, 0.3) is 0 Å².